The Morgan fingerprint density at radius 1 is 0.727 bits per heavy atom. The summed E-state index contributed by atoms with van der Waals surface area (Å²) < 4.78 is 63.3. The minimum Gasteiger partial charge on any atom is -0.456 e. The molecule has 2 aliphatic rings. The molecule has 3 heterocycles. The number of hydrogen-bond acceptors (Lipinski definition) is 12. The van der Waals surface area contributed by atoms with E-state index in [4.69, 9.17) is 9.47 Å². The summed E-state index contributed by atoms with van der Waals surface area (Å²) in [5, 5.41) is 2.84. The summed E-state index contributed by atoms with van der Waals surface area (Å²) in [5.74, 6) is -1.51. The van der Waals surface area contributed by atoms with E-state index in [1.807, 2.05) is 29.4 Å². The summed E-state index contributed by atoms with van der Waals surface area (Å²) in [7, 11) is -7.56. The second-order valence-corrected chi connectivity index (χ2v) is 17.1. The molecule has 3 N–H and O–H groups in total. The van der Waals surface area contributed by atoms with Gasteiger partial charge in [-0.15, -0.1) is 11.3 Å². The minimum absolute atomic E-state index is 0.0211. The molecule has 2 fully saturated rings. The topological polar surface area (TPSA) is 215 Å². The van der Waals surface area contributed by atoms with E-state index in [0.29, 0.717) is 45.3 Å². The Morgan fingerprint density at radius 3 is 1.71 bits per heavy atom. The molecule has 0 bridgehead atoms. The van der Waals surface area contributed by atoms with Crippen molar-refractivity contribution in [1.29, 1.82) is 0 Å². The number of nitrogens with one attached hydrogen (secondary N) is 3. The molecular weight excluding hydrogens is 775 g/mol. The zero-order valence-electron chi connectivity index (χ0n) is 29.6. The van der Waals surface area contributed by atoms with Crippen LogP contribution in [0.4, 0.5) is 0 Å². The van der Waals surface area contributed by atoms with Gasteiger partial charge in [0.05, 0.1) is 29.1 Å². The summed E-state index contributed by atoms with van der Waals surface area (Å²) in [4.78, 5) is 60.1. The molecule has 55 heavy (non-hydrogen) atoms. The molecule has 0 spiro atoms. The maximum Gasteiger partial charge on any atom is 0.343 e. The first-order valence-corrected chi connectivity index (χ1v) is 20.4. The van der Waals surface area contributed by atoms with Gasteiger partial charge in [-0.05, 0) is 65.6 Å². The SMILES string of the molecule is CC(C)CNC(=O)c1ccc(COC(=O)c2ccc(CN3CC(=O)NS3(=O)=O)cc2)s1.O=C1CN(Cc2ccc(C(=O)Oc3ccccc3)cc2)S(=O)(=O)N1. The van der Waals surface area contributed by atoms with Crippen LogP contribution in [0.15, 0.2) is 91.0 Å². The third kappa shape index (κ3) is 11.5. The molecule has 0 unspecified atom stereocenters. The largest absolute Gasteiger partial charge is 0.456 e. The van der Waals surface area contributed by atoms with Gasteiger partial charge < -0.3 is 14.8 Å². The van der Waals surface area contributed by atoms with Crippen LogP contribution in [0.1, 0.15) is 60.2 Å². The van der Waals surface area contributed by atoms with Gasteiger partial charge >= 0.3 is 32.4 Å². The van der Waals surface area contributed by atoms with Gasteiger partial charge in [-0.25, -0.2) is 19.0 Å². The Balaban J connectivity index is 0.000000218. The van der Waals surface area contributed by atoms with Crippen LogP contribution in [-0.4, -0.2) is 74.7 Å². The molecule has 16 nitrogen and oxygen atoms in total. The fourth-order valence-electron chi connectivity index (χ4n) is 4.99. The van der Waals surface area contributed by atoms with Crippen LogP contribution in [0, 0.1) is 5.92 Å². The number of thiophene rings is 1. The van der Waals surface area contributed by atoms with Crippen molar-refractivity contribution in [3.63, 3.8) is 0 Å². The Kier molecular flexibility index (Phi) is 13.2. The van der Waals surface area contributed by atoms with Crippen LogP contribution >= 0.6 is 11.3 Å². The summed E-state index contributed by atoms with van der Waals surface area (Å²) in [6.07, 6.45) is 0. The molecule has 19 heteroatoms. The fraction of sp³-hybridized carbons (Fsp3) is 0.250. The Morgan fingerprint density at radius 2 is 1.24 bits per heavy atom. The van der Waals surface area contributed by atoms with Gasteiger partial charge in [-0.2, -0.15) is 25.4 Å². The third-order valence-electron chi connectivity index (χ3n) is 7.76. The average Bonchev–Trinajstić information content (AvgIpc) is 3.80. The van der Waals surface area contributed by atoms with Gasteiger partial charge in [0, 0.05) is 24.5 Å². The monoisotopic (exact) mass is 811 g/mol. The Hall–Kier alpha value is -5.47. The lowest BCUT2D eigenvalue weighted by atomic mass is 10.1. The predicted molar refractivity (Wildman–Crippen MR) is 200 cm³/mol. The first-order valence-electron chi connectivity index (χ1n) is 16.7. The van der Waals surface area contributed by atoms with Crippen LogP contribution in [0.3, 0.4) is 0 Å². The molecule has 290 valence electrons. The number of carbonyl (C=O) groups excluding carboxylic acids is 5. The number of nitrogens with zero attached hydrogens (tertiary/aromatic N) is 2. The van der Waals surface area contributed by atoms with Crippen LogP contribution in [0.25, 0.3) is 0 Å². The summed E-state index contributed by atoms with van der Waals surface area (Å²) >= 11 is 1.26. The number of para-hydroxylation sites is 1. The van der Waals surface area contributed by atoms with Crippen molar-refractivity contribution in [2.75, 3.05) is 19.6 Å². The molecule has 2 saturated heterocycles. The first kappa shape index (κ1) is 40.7. The molecule has 3 amide bonds. The lowest BCUT2D eigenvalue weighted by Gasteiger charge is -2.12. The average molecular weight is 812 g/mol. The number of benzene rings is 3. The smallest absolute Gasteiger partial charge is 0.343 e. The number of ether oxygens (including phenoxy) is 2. The second-order valence-electron chi connectivity index (χ2n) is 12.6. The summed E-state index contributed by atoms with van der Waals surface area (Å²) in [5.41, 5.74) is 1.95. The highest BCUT2D eigenvalue weighted by atomic mass is 32.2. The van der Waals surface area contributed by atoms with Crippen molar-refractivity contribution < 1.29 is 50.3 Å². The maximum absolute atomic E-state index is 12.3. The Labute approximate surface area is 321 Å². The van der Waals surface area contributed by atoms with Crippen LogP contribution in [0.2, 0.25) is 0 Å². The Bertz CT molecular complexity index is 2260. The maximum atomic E-state index is 12.3. The highest BCUT2D eigenvalue weighted by Gasteiger charge is 2.34. The third-order valence-corrected chi connectivity index (χ3v) is 11.7. The molecular formula is C36H37N5O11S3. The number of amides is 3. The van der Waals surface area contributed by atoms with Crippen LogP contribution in [-0.2, 0) is 54.4 Å². The zero-order valence-corrected chi connectivity index (χ0v) is 32.0. The quantitative estimate of drug-likeness (QED) is 0.140. The second kappa shape index (κ2) is 17.8. The van der Waals surface area contributed by atoms with E-state index in [1.165, 1.54) is 23.5 Å². The van der Waals surface area contributed by atoms with Gasteiger partial charge in [0.25, 0.3) is 5.91 Å². The highest BCUT2D eigenvalue weighted by molar-refractivity contribution is 7.88. The first-order chi connectivity index (χ1) is 26.1. The molecule has 0 aliphatic carbocycles. The zero-order chi connectivity index (χ0) is 39.8. The van der Waals surface area contributed by atoms with E-state index in [1.54, 1.807) is 72.8 Å². The fourth-order valence-corrected chi connectivity index (χ4v) is 8.00. The van der Waals surface area contributed by atoms with Crippen molar-refractivity contribution in [2.45, 2.75) is 33.5 Å². The summed E-state index contributed by atoms with van der Waals surface area (Å²) in [6, 6.07) is 24.8. The predicted octanol–water partition coefficient (Wildman–Crippen LogP) is 2.75. The number of hydrogen-bond donors (Lipinski definition) is 3. The minimum atomic E-state index is -3.80. The summed E-state index contributed by atoms with van der Waals surface area (Å²) in [6.45, 7) is 4.29. The van der Waals surface area contributed by atoms with E-state index in [9.17, 15) is 40.8 Å². The van der Waals surface area contributed by atoms with Crippen molar-refractivity contribution in [3.8, 4) is 5.75 Å². The van der Waals surface area contributed by atoms with Gasteiger partial charge in [0.15, 0.2) is 0 Å². The molecule has 0 radical (unpaired) electrons. The van der Waals surface area contributed by atoms with E-state index in [-0.39, 0.29) is 38.7 Å². The van der Waals surface area contributed by atoms with Crippen molar-refractivity contribution in [2.24, 2.45) is 5.92 Å². The van der Waals surface area contributed by atoms with E-state index in [0.717, 1.165) is 13.5 Å². The van der Waals surface area contributed by atoms with E-state index < -0.39 is 44.2 Å². The van der Waals surface area contributed by atoms with E-state index >= 15 is 0 Å². The molecule has 0 saturated carbocycles. The van der Waals surface area contributed by atoms with Gasteiger partial charge in [0.2, 0.25) is 11.8 Å². The number of carbonyl (C=O) groups is 5. The van der Waals surface area contributed by atoms with Gasteiger partial charge in [0.1, 0.15) is 12.4 Å². The van der Waals surface area contributed by atoms with Crippen molar-refractivity contribution in [1.82, 2.24) is 23.4 Å². The lowest BCUT2D eigenvalue weighted by Crippen LogP contribution is -2.29. The molecule has 2 aliphatic heterocycles. The van der Waals surface area contributed by atoms with Gasteiger partial charge in [-0.1, -0.05) is 56.3 Å². The molecule has 0 atom stereocenters. The molecule has 1 aromatic heterocycles. The molecule has 6 rings (SSSR count). The number of rotatable bonds is 12. The standard InChI is InChI=1S/C20H23N3O6S2.C16H14N2O5S/c1-13(2)9-21-19(25)17-8-7-16(30-17)12-29-20(26)15-5-3-14(4-6-15)10-23-11-18(24)22-31(23,27)28;19-15-11-18(24(21,22)17-15)10-12-6-8-13(9-7-12)16(20)23-14-4-2-1-3-5-14/h3-8,13H,9-12H2,1-2H3,(H,21,25)(H,22,24);1-9H,10-11H2,(H,17,19). The lowest BCUT2D eigenvalue weighted by molar-refractivity contribution is -0.119. The van der Waals surface area contributed by atoms with Crippen LogP contribution in [0.5, 0.6) is 5.75 Å². The van der Waals surface area contributed by atoms with Crippen molar-refractivity contribution in [3.05, 3.63) is 123 Å². The highest BCUT2D eigenvalue weighted by Crippen LogP contribution is 2.20. The molecule has 3 aromatic carbocycles. The number of esters is 2. The van der Waals surface area contributed by atoms with Crippen molar-refractivity contribution >= 4 is 61.4 Å². The molecule has 4 aromatic rings. The van der Waals surface area contributed by atoms with Crippen LogP contribution < -0.4 is 19.5 Å². The van der Waals surface area contributed by atoms with E-state index in [2.05, 4.69) is 5.32 Å². The van der Waals surface area contributed by atoms with Gasteiger partial charge in [-0.3, -0.25) is 14.4 Å². The normalized spacial score (nSPS) is 16.1.